The normalized spacial score (nSPS) is 17.6. The van der Waals surface area contributed by atoms with Crippen molar-refractivity contribution in [2.45, 2.75) is 12.8 Å². The number of guanidine groups is 1. The van der Waals surface area contributed by atoms with E-state index < -0.39 is 0 Å². The number of nitrogens with one attached hydrogen (secondary N) is 1. The van der Waals surface area contributed by atoms with Crippen molar-refractivity contribution < 1.29 is 0 Å². The zero-order chi connectivity index (χ0) is 6.53. The lowest BCUT2D eigenvalue weighted by Crippen LogP contribution is -2.30. The Labute approximate surface area is 53.2 Å². The van der Waals surface area contributed by atoms with Crippen LogP contribution in [0.2, 0.25) is 0 Å². The maximum absolute atomic E-state index is 5.30. The molecule has 0 unspecified atom stereocenters. The van der Waals surface area contributed by atoms with E-state index in [0.29, 0.717) is 5.96 Å². The highest BCUT2D eigenvalue weighted by Crippen LogP contribution is 1.77. The van der Waals surface area contributed by atoms with Gasteiger partial charge in [0.05, 0.1) is 0 Å². The summed E-state index contributed by atoms with van der Waals surface area (Å²) < 4.78 is 3.83. The molecule has 0 saturated heterocycles. The van der Waals surface area contributed by atoms with E-state index in [0.717, 1.165) is 12.8 Å². The van der Waals surface area contributed by atoms with Crippen LogP contribution >= 0.6 is 0 Å². The van der Waals surface area contributed by atoms with Gasteiger partial charge in [0.2, 0.25) is 0 Å². The minimum absolute atomic E-state index is 0.353. The third-order valence-corrected chi connectivity index (χ3v) is 0.926. The number of hydrogen-bond acceptors (Lipinski definition) is 3. The fourth-order valence-electron chi connectivity index (χ4n) is 0.517. The molecule has 3 N–H and O–H groups in total. The van der Waals surface area contributed by atoms with Gasteiger partial charge in [0.1, 0.15) is 6.21 Å². The monoisotopic (exact) mass is 125 g/mol. The Morgan fingerprint density at radius 2 is 2.56 bits per heavy atom. The molecule has 0 amide bonds. The van der Waals surface area contributed by atoms with Gasteiger partial charge < -0.3 is 0 Å². The number of rotatable bonds is 0. The third-order valence-electron chi connectivity index (χ3n) is 0.926. The number of hydrazone groups is 1. The Bertz CT molecular complexity index is 175. The van der Waals surface area contributed by atoms with Crippen LogP contribution in [0.3, 0.4) is 0 Å². The summed E-state index contributed by atoms with van der Waals surface area (Å²) in [6, 6.07) is 0. The van der Waals surface area contributed by atoms with Crippen molar-refractivity contribution in [3.8, 4) is 0 Å². The van der Waals surface area contributed by atoms with Gasteiger partial charge in [-0.2, -0.15) is 0 Å². The van der Waals surface area contributed by atoms with E-state index in [9.17, 15) is 0 Å². The second-order valence-electron chi connectivity index (χ2n) is 1.70. The molecule has 0 aliphatic carbocycles. The summed E-state index contributed by atoms with van der Waals surface area (Å²) in [7, 11) is 0. The highest BCUT2D eigenvalue weighted by Gasteiger charge is 1.95. The summed E-state index contributed by atoms with van der Waals surface area (Å²) in [5.74, 6) is 0.353. The molecule has 0 aromatic rings. The van der Waals surface area contributed by atoms with Gasteiger partial charge in [0, 0.05) is 12.6 Å². The molecule has 0 saturated carbocycles. The Morgan fingerprint density at radius 1 is 1.67 bits per heavy atom. The van der Waals surface area contributed by atoms with Gasteiger partial charge in [-0.3, -0.25) is 5.73 Å². The quantitative estimate of drug-likeness (QED) is 0.400. The van der Waals surface area contributed by atoms with Crippen LogP contribution in [-0.2, 0) is 0 Å². The second-order valence-corrected chi connectivity index (χ2v) is 1.70. The summed E-state index contributed by atoms with van der Waals surface area (Å²) in [6.45, 7) is 0. The topological polar surface area (TPSA) is 64.5 Å². The molecule has 0 fully saturated rings. The lowest BCUT2D eigenvalue weighted by Gasteiger charge is -1.87. The predicted molar refractivity (Wildman–Crippen MR) is 38.3 cm³/mol. The summed E-state index contributed by atoms with van der Waals surface area (Å²) >= 11 is 0. The highest BCUT2D eigenvalue weighted by molar-refractivity contribution is 5.82. The first-order chi connectivity index (χ1) is 4.39. The lowest BCUT2D eigenvalue weighted by atomic mass is 10.3. The summed E-state index contributed by atoms with van der Waals surface area (Å²) in [5.41, 5.74) is 7.85. The van der Waals surface area contributed by atoms with E-state index in [1.54, 1.807) is 12.4 Å². The number of nitrogens with zero attached hydrogens (tertiary/aromatic N) is 2. The van der Waals surface area contributed by atoms with Gasteiger partial charge in [0.15, 0.2) is 0 Å². The molecule has 9 heavy (non-hydrogen) atoms. The molecule has 0 atom stereocenters. The molecule has 0 aromatic carbocycles. The first-order valence-corrected chi connectivity index (χ1v) is 2.82. The minimum atomic E-state index is 0.353. The van der Waals surface area contributed by atoms with Crippen LogP contribution in [0.1, 0.15) is 12.8 Å². The van der Waals surface area contributed by atoms with Gasteiger partial charge in [-0.25, -0.2) is 4.67 Å². The van der Waals surface area contributed by atoms with Crippen LogP contribution in [0.15, 0.2) is 5.10 Å². The van der Waals surface area contributed by atoms with E-state index in [1.165, 1.54) is 0 Å². The average molecular weight is 125 g/mol. The van der Waals surface area contributed by atoms with Crippen LogP contribution in [-0.4, -0.2) is 18.4 Å². The highest BCUT2D eigenvalue weighted by atomic mass is 15.3. The van der Waals surface area contributed by atoms with Crippen LogP contribution in [0, 0.1) is 0 Å². The number of nitrogens with two attached hydrogens (primary N) is 1. The standard InChI is InChI=1S/C5H8N4/c6-5-7-3-1-2-4-8-9-5/h3-4H,1-2H2,(H2,6,9)/p+1. The van der Waals surface area contributed by atoms with Crippen molar-refractivity contribution in [2.24, 2.45) is 10.8 Å². The molecule has 48 valence electrons. The van der Waals surface area contributed by atoms with Gasteiger partial charge in [-0.15, -0.1) is 10.5 Å². The molecule has 4 nitrogen and oxygen atoms in total. The SMILES string of the molecule is NC1=[N+]=CCCC=NN1. The van der Waals surface area contributed by atoms with E-state index in [-0.39, 0.29) is 0 Å². The van der Waals surface area contributed by atoms with Crippen molar-refractivity contribution in [3.05, 3.63) is 0 Å². The largest absolute Gasteiger partial charge is 0.459 e. The molecular formula is C5H9N4+. The fraction of sp³-hybridized carbons (Fsp3) is 0.400. The summed E-state index contributed by atoms with van der Waals surface area (Å²) in [6.07, 6.45) is 5.38. The van der Waals surface area contributed by atoms with Crippen LogP contribution in [0.4, 0.5) is 0 Å². The molecule has 0 spiro atoms. The zero-order valence-electron chi connectivity index (χ0n) is 5.04. The van der Waals surface area contributed by atoms with E-state index in [1.807, 2.05) is 0 Å². The molecule has 1 aliphatic heterocycles. The van der Waals surface area contributed by atoms with Crippen molar-refractivity contribution >= 4 is 18.4 Å². The van der Waals surface area contributed by atoms with Crippen molar-refractivity contribution in [1.82, 2.24) is 10.1 Å². The number of hydrogen-bond donors (Lipinski definition) is 2. The molecule has 0 bridgehead atoms. The van der Waals surface area contributed by atoms with Crippen molar-refractivity contribution in [1.29, 1.82) is 0 Å². The maximum atomic E-state index is 5.30. The van der Waals surface area contributed by atoms with Crippen LogP contribution in [0.5, 0.6) is 0 Å². The van der Waals surface area contributed by atoms with Crippen molar-refractivity contribution in [2.75, 3.05) is 0 Å². The smallest absolute Gasteiger partial charge is 0.275 e. The first-order valence-electron chi connectivity index (χ1n) is 2.82. The van der Waals surface area contributed by atoms with E-state index >= 15 is 0 Å². The fourth-order valence-corrected chi connectivity index (χ4v) is 0.517. The van der Waals surface area contributed by atoms with Crippen LogP contribution < -0.4 is 15.8 Å². The van der Waals surface area contributed by atoms with Gasteiger partial charge in [-0.05, 0) is 6.42 Å². The van der Waals surface area contributed by atoms with Gasteiger partial charge in [0.25, 0.3) is 0 Å². The average Bonchev–Trinajstić information content (AvgIpc) is 1.79. The Balaban J connectivity index is 2.66. The molecular weight excluding hydrogens is 116 g/mol. The Hall–Kier alpha value is -1.28. The molecule has 0 aromatic heterocycles. The molecule has 1 aliphatic rings. The minimum Gasteiger partial charge on any atom is -0.275 e. The summed E-state index contributed by atoms with van der Waals surface area (Å²) in [5, 5.41) is 3.76. The van der Waals surface area contributed by atoms with Crippen LogP contribution in [0.25, 0.3) is 0 Å². The predicted octanol–water partition coefficient (Wildman–Crippen LogP) is -1.19. The summed E-state index contributed by atoms with van der Waals surface area (Å²) in [4.78, 5) is 0. The molecule has 1 heterocycles. The molecule has 1 rings (SSSR count). The maximum Gasteiger partial charge on any atom is 0.459 e. The lowest BCUT2D eigenvalue weighted by molar-refractivity contribution is 0.985. The van der Waals surface area contributed by atoms with Gasteiger partial charge >= 0.3 is 5.96 Å². The second kappa shape index (κ2) is 2.89. The Kier molecular flexibility index (Phi) is 1.88. The Morgan fingerprint density at radius 3 is 3.44 bits per heavy atom. The van der Waals surface area contributed by atoms with E-state index in [4.69, 9.17) is 5.73 Å². The first kappa shape index (κ1) is 5.85. The van der Waals surface area contributed by atoms with E-state index in [2.05, 4.69) is 15.2 Å². The van der Waals surface area contributed by atoms with Crippen molar-refractivity contribution in [3.63, 3.8) is 0 Å². The third kappa shape index (κ3) is 1.97. The van der Waals surface area contributed by atoms with Gasteiger partial charge in [-0.1, -0.05) is 0 Å². The molecule has 0 radical (unpaired) electrons. The molecule has 4 heteroatoms. The zero-order valence-corrected chi connectivity index (χ0v) is 5.04.